The number of oxazole rings is 1. The molecule has 2 N–H and O–H groups in total. The van der Waals surface area contributed by atoms with Crippen LogP contribution in [-0.2, 0) is 0 Å². The standard InChI is InChI=1S/C13H16N2OS/c1-8(2)17-11-6-4-10(5-7-11)12-9(3)15-13(14)16-12/h4-8H,1-3H3,(H2,14,15). The van der Waals surface area contributed by atoms with Gasteiger partial charge in [-0.3, -0.25) is 0 Å². The van der Waals surface area contributed by atoms with E-state index in [0.29, 0.717) is 5.25 Å². The summed E-state index contributed by atoms with van der Waals surface area (Å²) in [6, 6.07) is 8.49. The Hall–Kier alpha value is -1.42. The fourth-order valence-corrected chi connectivity index (χ4v) is 2.48. The molecule has 0 amide bonds. The summed E-state index contributed by atoms with van der Waals surface area (Å²) in [5.41, 5.74) is 7.37. The number of aromatic nitrogens is 1. The predicted octanol–water partition coefficient (Wildman–Crippen LogP) is 3.73. The first-order chi connectivity index (χ1) is 8.06. The van der Waals surface area contributed by atoms with Gasteiger partial charge in [-0.2, -0.15) is 4.98 Å². The van der Waals surface area contributed by atoms with E-state index in [4.69, 9.17) is 10.2 Å². The molecule has 0 bridgehead atoms. The van der Waals surface area contributed by atoms with Gasteiger partial charge >= 0.3 is 0 Å². The highest BCUT2D eigenvalue weighted by Gasteiger charge is 2.09. The number of aryl methyl sites for hydroxylation is 1. The van der Waals surface area contributed by atoms with Gasteiger partial charge < -0.3 is 10.2 Å². The molecule has 17 heavy (non-hydrogen) atoms. The van der Waals surface area contributed by atoms with Crippen molar-refractivity contribution in [2.75, 3.05) is 5.73 Å². The maximum atomic E-state index is 5.53. The molecule has 2 rings (SSSR count). The number of rotatable bonds is 3. The average molecular weight is 248 g/mol. The van der Waals surface area contributed by atoms with Gasteiger partial charge in [-0.15, -0.1) is 11.8 Å². The Morgan fingerprint density at radius 2 is 1.88 bits per heavy atom. The van der Waals surface area contributed by atoms with Crippen LogP contribution < -0.4 is 5.73 Å². The van der Waals surface area contributed by atoms with Crippen LogP contribution in [0.5, 0.6) is 0 Å². The highest BCUT2D eigenvalue weighted by Crippen LogP contribution is 2.29. The summed E-state index contributed by atoms with van der Waals surface area (Å²) < 4.78 is 5.38. The summed E-state index contributed by atoms with van der Waals surface area (Å²) >= 11 is 1.84. The lowest BCUT2D eigenvalue weighted by Gasteiger charge is -2.05. The second-order valence-corrected chi connectivity index (χ2v) is 5.81. The molecule has 1 aromatic carbocycles. The highest BCUT2D eigenvalue weighted by molar-refractivity contribution is 7.99. The lowest BCUT2D eigenvalue weighted by molar-refractivity contribution is 0.594. The minimum absolute atomic E-state index is 0.220. The van der Waals surface area contributed by atoms with Crippen molar-refractivity contribution >= 4 is 17.8 Å². The van der Waals surface area contributed by atoms with Crippen LogP contribution in [0.4, 0.5) is 6.01 Å². The normalized spacial score (nSPS) is 11.1. The first kappa shape index (κ1) is 12.0. The third-order valence-electron chi connectivity index (χ3n) is 2.30. The van der Waals surface area contributed by atoms with E-state index in [0.717, 1.165) is 17.0 Å². The van der Waals surface area contributed by atoms with Crippen molar-refractivity contribution in [1.29, 1.82) is 0 Å². The zero-order valence-corrected chi connectivity index (χ0v) is 11.0. The van der Waals surface area contributed by atoms with Crippen molar-refractivity contribution in [3.8, 4) is 11.3 Å². The third kappa shape index (κ3) is 2.82. The molecule has 0 atom stereocenters. The Kier molecular flexibility index (Phi) is 3.43. The molecule has 0 unspecified atom stereocenters. The molecule has 0 radical (unpaired) electrons. The topological polar surface area (TPSA) is 52.0 Å². The van der Waals surface area contributed by atoms with Crippen molar-refractivity contribution in [1.82, 2.24) is 4.98 Å². The second kappa shape index (κ2) is 4.84. The fourth-order valence-electron chi connectivity index (χ4n) is 1.64. The smallest absolute Gasteiger partial charge is 0.292 e. The van der Waals surface area contributed by atoms with E-state index in [9.17, 15) is 0 Å². The molecule has 2 aromatic rings. The van der Waals surface area contributed by atoms with Crippen LogP contribution in [0.15, 0.2) is 33.6 Å². The van der Waals surface area contributed by atoms with E-state index in [1.807, 2.05) is 30.8 Å². The summed E-state index contributed by atoms with van der Waals surface area (Å²) in [7, 11) is 0. The second-order valence-electron chi connectivity index (χ2n) is 4.16. The predicted molar refractivity (Wildman–Crippen MR) is 72.1 cm³/mol. The fraction of sp³-hybridized carbons (Fsp3) is 0.308. The number of nitrogen functional groups attached to an aromatic ring is 1. The monoisotopic (exact) mass is 248 g/mol. The van der Waals surface area contributed by atoms with Crippen LogP contribution in [0.2, 0.25) is 0 Å². The number of anilines is 1. The SMILES string of the molecule is Cc1nc(N)oc1-c1ccc(SC(C)C)cc1. The van der Waals surface area contributed by atoms with Crippen molar-refractivity contribution in [2.45, 2.75) is 30.9 Å². The first-order valence-corrected chi connectivity index (χ1v) is 6.44. The number of thioether (sulfide) groups is 1. The lowest BCUT2D eigenvalue weighted by Crippen LogP contribution is -1.85. The minimum Gasteiger partial charge on any atom is -0.423 e. The molecule has 3 nitrogen and oxygen atoms in total. The van der Waals surface area contributed by atoms with E-state index in [1.54, 1.807) is 0 Å². The molecule has 90 valence electrons. The van der Waals surface area contributed by atoms with Gasteiger partial charge in [0.15, 0.2) is 5.76 Å². The average Bonchev–Trinajstić information content (AvgIpc) is 2.58. The first-order valence-electron chi connectivity index (χ1n) is 5.56. The van der Waals surface area contributed by atoms with Gasteiger partial charge in [0.25, 0.3) is 6.01 Å². The van der Waals surface area contributed by atoms with Gasteiger partial charge in [0.2, 0.25) is 0 Å². The summed E-state index contributed by atoms with van der Waals surface area (Å²) in [4.78, 5) is 5.32. The van der Waals surface area contributed by atoms with E-state index in [2.05, 4.69) is 31.0 Å². The van der Waals surface area contributed by atoms with E-state index in [-0.39, 0.29) is 6.01 Å². The Morgan fingerprint density at radius 1 is 1.24 bits per heavy atom. The molecular weight excluding hydrogens is 232 g/mol. The molecule has 0 spiro atoms. The van der Waals surface area contributed by atoms with Crippen LogP contribution in [0.25, 0.3) is 11.3 Å². The van der Waals surface area contributed by atoms with Gasteiger partial charge in [0, 0.05) is 15.7 Å². The molecule has 0 aliphatic heterocycles. The molecule has 0 saturated heterocycles. The summed E-state index contributed by atoms with van der Waals surface area (Å²) in [6.45, 7) is 6.26. The summed E-state index contributed by atoms with van der Waals surface area (Å²) in [6.07, 6.45) is 0. The Labute approximate surface area is 105 Å². The number of benzene rings is 1. The van der Waals surface area contributed by atoms with Crippen LogP contribution in [-0.4, -0.2) is 10.2 Å². The van der Waals surface area contributed by atoms with E-state index >= 15 is 0 Å². The van der Waals surface area contributed by atoms with Crippen LogP contribution in [0, 0.1) is 6.92 Å². The molecule has 0 aliphatic carbocycles. The molecule has 4 heteroatoms. The van der Waals surface area contributed by atoms with Crippen LogP contribution >= 0.6 is 11.8 Å². The van der Waals surface area contributed by atoms with Gasteiger partial charge in [-0.1, -0.05) is 26.0 Å². The van der Waals surface area contributed by atoms with Gasteiger partial charge in [-0.05, 0) is 19.1 Å². The van der Waals surface area contributed by atoms with Crippen molar-refractivity contribution in [3.63, 3.8) is 0 Å². The van der Waals surface area contributed by atoms with Crippen LogP contribution in [0.3, 0.4) is 0 Å². The van der Waals surface area contributed by atoms with Gasteiger partial charge in [-0.25, -0.2) is 0 Å². The molecular formula is C13H16N2OS. The third-order valence-corrected chi connectivity index (χ3v) is 3.32. The summed E-state index contributed by atoms with van der Waals surface area (Å²) in [5.74, 6) is 0.753. The Bertz CT molecular complexity index is 503. The maximum absolute atomic E-state index is 5.53. The maximum Gasteiger partial charge on any atom is 0.292 e. The number of nitrogens with two attached hydrogens (primary N) is 1. The van der Waals surface area contributed by atoms with E-state index in [1.165, 1.54) is 4.90 Å². The Morgan fingerprint density at radius 3 is 2.35 bits per heavy atom. The molecule has 0 aliphatic rings. The minimum atomic E-state index is 0.220. The summed E-state index contributed by atoms with van der Waals surface area (Å²) in [5, 5.41) is 0.587. The van der Waals surface area contributed by atoms with Crippen molar-refractivity contribution < 1.29 is 4.42 Å². The van der Waals surface area contributed by atoms with Crippen molar-refractivity contribution in [3.05, 3.63) is 30.0 Å². The molecule has 1 heterocycles. The molecule has 0 fully saturated rings. The van der Waals surface area contributed by atoms with Gasteiger partial charge in [0.1, 0.15) is 0 Å². The lowest BCUT2D eigenvalue weighted by atomic mass is 10.1. The largest absolute Gasteiger partial charge is 0.423 e. The molecule has 1 aromatic heterocycles. The Balaban J connectivity index is 2.26. The molecule has 0 saturated carbocycles. The zero-order valence-electron chi connectivity index (χ0n) is 10.2. The number of hydrogen-bond acceptors (Lipinski definition) is 4. The quantitative estimate of drug-likeness (QED) is 0.841. The number of nitrogens with zero attached hydrogens (tertiary/aromatic N) is 1. The number of hydrogen-bond donors (Lipinski definition) is 1. The highest BCUT2D eigenvalue weighted by atomic mass is 32.2. The van der Waals surface area contributed by atoms with Crippen molar-refractivity contribution in [2.24, 2.45) is 0 Å². The van der Waals surface area contributed by atoms with E-state index < -0.39 is 0 Å². The zero-order chi connectivity index (χ0) is 12.4. The van der Waals surface area contributed by atoms with Crippen LogP contribution in [0.1, 0.15) is 19.5 Å². The van der Waals surface area contributed by atoms with Gasteiger partial charge in [0.05, 0.1) is 5.69 Å².